The molecule has 0 amide bonds. The van der Waals surface area contributed by atoms with Gasteiger partial charge in [-0.05, 0) is 29.6 Å². The molecule has 10 heteroatoms. The highest BCUT2D eigenvalue weighted by molar-refractivity contribution is 8.14. The SMILES string of the molecule is CCSc1cc(C(F)(F)F)cnc1-c1nc2ncc(SC(=O)c3ccccc3)cc2[nH]1. The summed E-state index contributed by atoms with van der Waals surface area (Å²) >= 11 is 2.29. The van der Waals surface area contributed by atoms with Crippen molar-refractivity contribution in [2.24, 2.45) is 0 Å². The van der Waals surface area contributed by atoms with E-state index >= 15 is 0 Å². The third-order valence-corrected chi connectivity index (χ3v) is 6.03. The molecule has 0 bridgehead atoms. The van der Waals surface area contributed by atoms with Crippen LogP contribution in [0.25, 0.3) is 22.7 Å². The van der Waals surface area contributed by atoms with Crippen molar-refractivity contribution >= 4 is 39.8 Å². The third-order valence-electron chi connectivity index (χ3n) is 4.24. The maximum Gasteiger partial charge on any atom is 0.417 e. The number of carbonyl (C=O) groups excluding carboxylic acids is 1. The van der Waals surface area contributed by atoms with E-state index in [0.29, 0.717) is 43.8 Å². The number of carbonyl (C=O) groups is 1. The maximum atomic E-state index is 13.1. The first-order valence-corrected chi connectivity index (χ1v) is 11.0. The van der Waals surface area contributed by atoms with Crippen LogP contribution in [-0.2, 0) is 6.18 Å². The molecule has 0 fully saturated rings. The number of nitrogens with one attached hydrogen (secondary N) is 1. The average molecular weight is 461 g/mol. The fourth-order valence-corrected chi connectivity index (χ4v) is 4.39. The Kier molecular flexibility index (Phi) is 6.01. The first-order valence-electron chi connectivity index (χ1n) is 9.18. The quantitative estimate of drug-likeness (QED) is 0.364. The molecule has 0 saturated heterocycles. The Labute approximate surface area is 183 Å². The van der Waals surface area contributed by atoms with Gasteiger partial charge in [-0.3, -0.25) is 9.78 Å². The fraction of sp³-hybridized carbons (Fsp3) is 0.143. The van der Waals surface area contributed by atoms with E-state index in [1.807, 2.05) is 13.0 Å². The van der Waals surface area contributed by atoms with E-state index in [0.717, 1.165) is 24.0 Å². The van der Waals surface area contributed by atoms with Crippen LogP contribution in [-0.4, -0.2) is 30.8 Å². The van der Waals surface area contributed by atoms with Crippen LogP contribution in [0.1, 0.15) is 22.8 Å². The lowest BCUT2D eigenvalue weighted by Gasteiger charge is -2.10. The average Bonchev–Trinajstić information content (AvgIpc) is 3.17. The number of alkyl halides is 3. The van der Waals surface area contributed by atoms with Gasteiger partial charge in [0.1, 0.15) is 5.69 Å². The van der Waals surface area contributed by atoms with Crippen molar-refractivity contribution in [3.8, 4) is 11.5 Å². The summed E-state index contributed by atoms with van der Waals surface area (Å²) in [6.07, 6.45) is -2.13. The summed E-state index contributed by atoms with van der Waals surface area (Å²) in [5, 5.41) is -0.118. The number of benzene rings is 1. The Morgan fingerprint density at radius 2 is 1.87 bits per heavy atom. The van der Waals surface area contributed by atoms with E-state index in [1.165, 1.54) is 11.8 Å². The van der Waals surface area contributed by atoms with Gasteiger partial charge in [-0.2, -0.15) is 13.2 Å². The lowest BCUT2D eigenvalue weighted by Crippen LogP contribution is -2.06. The Balaban J connectivity index is 1.66. The Bertz CT molecular complexity index is 1240. The Hall–Kier alpha value is -2.85. The molecule has 0 spiro atoms. The normalized spacial score (nSPS) is 11.7. The van der Waals surface area contributed by atoms with Crippen molar-refractivity contribution in [3.05, 3.63) is 66.0 Å². The van der Waals surface area contributed by atoms with Crippen LogP contribution in [0.2, 0.25) is 0 Å². The smallest absolute Gasteiger partial charge is 0.335 e. The number of hydrogen-bond donors (Lipinski definition) is 1. The molecule has 1 aromatic carbocycles. The molecule has 0 aliphatic carbocycles. The highest BCUT2D eigenvalue weighted by Gasteiger charge is 2.32. The summed E-state index contributed by atoms with van der Waals surface area (Å²) in [5.41, 5.74) is 1.05. The van der Waals surface area contributed by atoms with Gasteiger partial charge in [-0.25, -0.2) is 9.97 Å². The van der Waals surface area contributed by atoms with Gasteiger partial charge in [0, 0.05) is 27.7 Å². The summed E-state index contributed by atoms with van der Waals surface area (Å²) in [4.78, 5) is 29.2. The second-order valence-electron chi connectivity index (χ2n) is 6.38. The minimum atomic E-state index is -4.47. The predicted octanol–water partition coefficient (Wildman–Crippen LogP) is 6.08. The molecule has 158 valence electrons. The van der Waals surface area contributed by atoms with Gasteiger partial charge >= 0.3 is 6.18 Å². The highest BCUT2D eigenvalue weighted by atomic mass is 32.2. The number of nitrogens with zero attached hydrogens (tertiary/aromatic N) is 3. The van der Waals surface area contributed by atoms with Crippen molar-refractivity contribution in [1.82, 2.24) is 19.9 Å². The molecule has 0 saturated carbocycles. The largest absolute Gasteiger partial charge is 0.417 e. The molecule has 4 rings (SSSR count). The van der Waals surface area contributed by atoms with E-state index in [9.17, 15) is 18.0 Å². The van der Waals surface area contributed by atoms with E-state index in [4.69, 9.17) is 0 Å². The topological polar surface area (TPSA) is 71.5 Å². The zero-order chi connectivity index (χ0) is 22.0. The minimum absolute atomic E-state index is 0.118. The molecule has 31 heavy (non-hydrogen) atoms. The Morgan fingerprint density at radius 3 is 2.58 bits per heavy atom. The lowest BCUT2D eigenvalue weighted by atomic mass is 10.2. The van der Waals surface area contributed by atoms with Crippen molar-refractivity contribution in [3.63, 3.8) is 0 Å². The van der Waals surface area contributed by atoms with Crippen LogP contribution in [0.4, 0.5) is 13.2 Å². The first-order chi connectivity index (χ1) is 14.8. The van der Waals surface area contributed by atoms with Crippen LogP contribution in [0.15, 0.2) is 64.6 Å². The number of H-pyrrole nitrogens is 1. The monoisotopic (exact) mass is 460 g/mol. The number of rotatable bonds is 5. The van der Waals surface area contributed by atoms with Gasteiger partial charge in [0.2, 0.25) is 5.12 Å². The third kappa shape index (κ3) is 4.75. The van der Waals surface area contributed by atoms with Gasteiger partial charge in [0.05, 0.1) is 11.1 Å². The van der Waals surface area contributed by atoms with Gasteiger partial charge in [0.15, 0.2) is 11.5 Å². The second-order valence-corrected chi connectivity index (χ2v) is 8.74. The van der Waals surface area contributed by atoms with Crippen molar-refractivity contribution in [1.29, 1.82) is 0 Å². The number of aromatic nitrogens is 4. The van der Waals surface area contributed by atoms with Gasteiger partial charge in [0.25, 0.3) is 0 Å². The van der Waals surface area contributed by atoms with Crippen molar-refractivity contribution in [2.75, 3.05) is 5.75 Å². The summed E-state index contributed by atoms with van der Waals surface area (Å²) < 4.78 is 39.2. The fourth-order valence-electron chi connectivity index (χ4n) is 2.83. The standard InChI is InChI=1S/C21H15F3N4OS2/c1-2-30-16-8-13(21(22,23)24)10-25-17(16)19-27-15-9-14(11-26-18(15)28-19)31-20(29)12-6-4-3-5-7-12/h3-11H,2H2,1H3,(H,26,27,28). The highest BCUT2D eigenvalue weighted by Crippen LogP contribution is 2.36. The summed E-state index contributed by atoms with van der Waals surface area (Å²) in [6, 6.07) is 11.7. The molecule has 0 atom stereocenters. The number of thioether (sulfide) groups is 2. The Morgan fingerprint density at radius 1 is 1.10 bits per heavy atom. The van der Waals surface area contributed by atoms with Crippen LogP contribution in [0, 0.1) is 0 Å². The number of fused-ring (bicyclic) bond motifs is 1. The molecular formula is C21H15F3N4OS2. The molecule has 0 unspecified atom stereocenters. The minimum Gasteiger partial charge on any atom is -0.335 e. The number of halogens is 3. The summed E-state index contributed by atoms with van der Waals surface area (Å²) in [7, 11) is 0. The molecule has 4 aromatic rings. The molecule has 0 aliphatic heterocycles. The molecule has 5 nitrogen and oxygen atoms in total. The lowest BCUT2D eigenvalue weighted by molar-refractivity contribution is -0.138. The first kappa shape index (κ1) is 21.4. The van der Waals surface area contributed by atoms with Crippen LogP contribution in [0.5, 0.6) is 0 Å². The van der Waals surface area contributed by atoms with Gasteiger partial charge in [-0.15, -0.1) is 11.8 Å². The van der Waals surface area contributed by atoms with Gasteiger partial charge in [-0.1, -0.05) is 37.3 Å². The van der Waals surface area contributed by atoms with Gasteiger partial charge < -0.3 is 4.98 Å². The molecule has 3 aromatic heterocycles. The zero-order valence-corrected chi connectivity index (χ0v) is 17.7. The van der Waals surface area contributed by atoms with Crippen molar-refractivity contribution < 1.29 is 18.0 Å². The summed E-state index contributed by atoms with van der Waals surface area (Å²) in [6.45, 7) is 1.85. The van der Waals surface area contributed by atoms with E-state index in [1.54, 1.807) is 36.5 Å². The molecule has 3 heterocycles. The summed E-state index contributed by atoms with van der Waals surface area (Å²) in [5.74, 6) is 0.903. The van der Waals surface area contributed by atoms with E-state index in [-0.39, 0.29) is 5.12 Å². The zero-order valence-electron chi connectivity index (χ0n) is 16.1. The number of aromatic amines is 1. The van der Waals surface area contributed by atoms with Crippen LogP contribution >= 0.6 is 23.5 Å². The predicted molar refractivity (Wildman–Crippen MR) is 115 cm³/mol. The number of hydrogen-bond acceptors (Lipinski definition) is 6. The van der Waals surface area contributed by atoms with Crippen LogP contribution < -0.4 is 0 Å². The molecular weight excluding hydrogens is 445 g/mol. The number of imidazole rings is 1. The number of pyridine rings is 2. The van der Waals surface area contributed by atoms with E-state index in [2.05, 4.69) is 19.9 Å². The molecule has 0 radical (unpaired) electrons. The van der Waals surface area contributed by atoms with E-state index < -0.39 is 11.7 Å². The van der Waals surface area contributed by atoms with Crippen LogP contribution in [0.3, 0.4) is 0 Å². The second kappa shape index (κ2) is 8.72. The maximum absolute atomic E-state index is 13.1. The molecule has 0 aliphatic rings. The molecule has 1 N–H and O–H groups in total. The van der Waals surface area contributed by atoms with Crippen molar-refractivity contribution in [2.45, 2.75) is 22.9 Å².